The van der Waals surface area contributed by atoms with Crippen molar-refractivity contribution in [3.05, 3.63) is 47.7 Å². The van der Waals surface area contributed by atoms with Crippen LogP contribution >= 0.6 is 0 Å². The second-order valence-corrected chi connectivity index (χ2v) is 3.66. The fourth-order valence-corrected chi connectivity index (χ4v) is 1.47. The molecule has 0 bridgehead atoms. The van der Waals surface area contributed by atoms with Gasteiger partial charge in [-0.1, -0.05) is 24.3 Å². The molecule has 1 heteroatoms. The molecule has 1 atom stereocenters. The second-order valence-electron chi connectivity index (χ2n) is 3.66. The third-order valence-corrected chi connectivity index (χ3v) is 2.40. The van der Waals surface area contributed by atoms with E-state index in [1.165, 1.54) is 16.7 Å². The van der Waals surface area contributed by atoms with Crippen LogP contribution in [0.25, 0.3) is 0 Å². The van der Waals surface area contributed by atoms with E-state index in [9.17, 15) is 0 Å². The minimum atomic E-state index is 0.605. The van der Waals surface area contributed by atoms with Gasteiger partial charge in [0.05, 0.1) is 0 Å². The standard InChI is InChI=1S/C12H17N/c1-5-10(13)6-9(4)12-7-11(12)8(2)3/h5-6,11H,1-2,7,13H2,3-4H3/b10-6+,12-9-. The number of allylic oxidation sites excluding steroid dienone is 5. The number of hydrogen-bond donors (Lipinski definition) is 1. The molecule has 0 radical (unpaired) electrons. The first-order valence-corrected chi connectivity index (χ1v) is 4.51. The molecule has 1 unspecified atom stereocenters. The fourth-order valence-electron chi connectivity index (χ4n) is 1.47. The highest BCUT2D eigenvalue weighted by atomic mass is 14.6. The molecule has 0 spiro atoms. The maximum absolute atomic E-state index is 5.65. The Bertz CT molecular complexity index is 305. The number of nitrogens with two attached hydrogens (primary N) is 1. The van der Waals surface area contributed by atoms with Gasteiger partial charge in [-0.05, 0) is 38.0 Å². The summed E-state index contributed by atoms with van der Waals surface area (Å²) >= 11 is 0. The SMILES string of the molecule is C=C/C(N)=C\C(C)=C1\CC1C(=C)C. The monoisotopic (exact) mass is 175 g/mol. The van der Waals surface area contributed by atoms with Crippen LogP contribution < -0.4 is 5.73 Å². The average Bonchev–Trinajstić information content (AvgIpc) is 2.82. The normalized spacial score (nSPS) is 25.4. The summed E-state index contributed by atoms with van der Waals surface area (Å²) in [5, 5.41) is 0. The maximum atomic E-state index is 5.65. The number of hydrogen-bond acceptors (Lipinski definition) is 1. The molecular weight excluding hydrogens is 158 g/mol. The highest BCUT2D eigenvalue weighted by Crippen LogP contribution is 2.45. The number of rotatable bonds is 3. The maximum Gasteiger partial charge on any atom is 0.0310 e. The summed E-state index contributed by atoms with van der Waals surface area (Å²) in [6.07, 6.45) is 4.80. The Labute approximate surface area is 80.3 Å². The van der Waals surface area contributed by atoms with E-state index in [-0.39, 0.29) is 0 Å². The van der Waals surface area contributed by atoms with Crippen molar-refractivity contribution in [2.45, 2.75) is 20.3 Å². The molecule has 0 aromatic heterocycles. The molecule has 1 aliphatic carbocycles. The third kappa shape index (κ3) is 2.35. The average molecular weight is 175 g/mol. The summed E-state index contributed by atoms with van der Waals surface area (Å²) in [5.41, 5.74) is 10.4. The molecule has 1 aliphatic rings. The van der Waals surface area contributed by atoms with Crippen molar-refractivity contribution in [3.8, 4) is 0 Å². The van der Waals surface area contributed by atoms with Gasteiger partial charge in [0, 0.05) is 11.6 Å². The fraction of sp³-hybridized carbons (Fsp3) is 0.333. The molecule has 2 N–H and O–H groups in total. The van der Waals surface area contributed by atoms with Crippen molar-refractivity contribution in [2.24, 2.45) is 11.7 Å². The molecule has 1 nitrogen and oxygen atoms in total. The first-order valence-electron chi connectivity index (χ1n) is 4.51. The van der Waals surface area contributed by atoms with Crippen LogP contribution in [-0.4, -0.2) is 0 Å². The van der Waals surface area contributed by atoms with E-state index in [4.69, 9.17) is 5.73 Å². The first-order chi connectivity index (χ1) is 6.06. The summed E-state index contributed by atoms with van der Waals surface area (Å²) < 4.78 is 0. The summed E-state index contributed by atoms with van der Waals surface area (Å²) in [6.45, 7) is 11.7. The van der Waals surface area contributed by atoms with Crippen LogP contribution in [0.1, 0.15) is 20.3 Å². The van der Waals surface area contributed by atoms with Crippen molar-refractivity contribution in [3.63, 3.8) is 0 Å². The lowest BCUT2D eigenvalue weighted by atomic mass is 10.1. The Kier molecular flexibility index (Phi) is 2.76. The van der Waals surface area contributed by atoms with Crippen LogP contribution in [0.4, 0.5) is 0 Å². The molecule has 0 aliphatic heterocycles. The van der Waals surface area contributed by atoms with Crippen molar-refractivity contribution in [1.29, 1.82) is 0 Å². The van der Waals surface area contributed by atoms with Gasteiger partial charge in [-0.3, -0.25) is 0 Å². The first kappa shape index (κ1) is 9.85. The highest BCUT2D eigenvalue weighted by molar-refractivity contribution is 5.42. The zero-order valence-corrected chi connectivity index (χ0v) is 8.43. The van der Waals surface area contributed by atoms with E-state index in [0.29, 0.717) is 5.92 Å². The topological polar surface area (TPSA) is 26.0 Å². The molecular formula is C12H17N. The Hall–Kier alpha value is -1.24. The molecule has 0 saturated heterocycles. The molecule has 0 aromatic rings. The second kappa shape index (κ2) is 3.65. The predicted molar refractivity (Wildman–Crippen MR) is 58.1 cm³/mol. The quantitative estimate of drug-likeness (QED) is 0.518. The van der Waals surface area contributed by atoms with E-state index in [0.717, 1.165) is 12.1 Å². The molecule has 70 valence electrons. The summed E-state index contributed by atoms with van der Waals surface area (Å²) in [4.78, 5) is 0. The minimum Gasteiger partial charge on any atom is -0.399 e. The van der Waals surface area contributed by atoms with Gasteiger partial charge in [-0.15, -0.1) is 0 Å². The molecule has 0 heterocycles. The van der Waals surface area contributed by atoms with E-state index in [2.05, 4.69) is 27.0 Å². The zero-order valence-electron chi connectivity index (χ0n) is 8.43. The van der Waals surface area contributed by atoms with Crippen LogP contribution in [0.3, 0.4) is 0 Å². The van der Waals surface area contributed by atoms with Crippen molar-refractivity contribution < 1.29 is 0 Å². The predicted octanol–water partition coefficient (Wildman–Crippen LogP) is 2.93. The lowest BCUT2D eigenvalue weighted by Crippen LogP contribution is -1.92. The summed E-state index contributed by atoms with van der Waals surface area (Å²) in [6, 6.07) is 0. The lowest BCUT2D eigenvalue weighted by Gasteiger charge is -1.95. The molecule has 13 heavy (non-hydrogen) atoms. The third-order valence-electron chi connectivity index (χ3n) is 2.40. The van der Waals surface area contributed by atoms with Gasteiger partial charge in [0.1, 0.15) is 0 Å². The molecule has 0 amide bonds. The largest absolute Gasteiger partial charge is 0.399 e. The van der Waals surface area contributed by atoms with E-state index < -0.39 is 0 Å². The molecule has 0 aromatic carbocycles. The van der Waals surface area contributed by atoms with Crippen LogP contribution in [0.15, 0.2) is 47.7 Å². The minimum absolute atomic E-state index is 0.605. The summed E-state index contributed by atoms with van der Waals surface area (Å²) in [5.74, 6) is 0.605. The Morgan fingerprint density at radius 2 is 2.15 bits per heavy atom. The van der Waals surface area contributed by atoms with Gasteiger partial charge in [-0.25, -0.2) is 0 Å². The van der Waals surface area contributed by atoms with Crippen molar-refractivity contribution >= 4 is 0 Å². The lowest BCUT2D eigenvalue weighted by molar-refractivity contribution is 1.04. The molecule has 1 saturated carbocycles. The zero-order chi connectivity index (χ0) is 10.0. The van der Waals surface area contributed by atoms with Gasteiger partial charge in [0.2, 0.25) is 0 Å². The Balaban J connectivity index is 2.75. The van der Waals surface area contributed by atoms with Gasteiger partial charge >= 0.3 is 0 Å². The van der Waals surface area contributed by atoms with Gasteiger partial charge in [0.15, 0.2) is 0 Å². The highest BCUT2D eigenvalue weighted by Gasteiger charge is 2.31. The van der Waals surface area contributed by atoms with Crippen molar-refractivity contribution in [2.75, 3.05) is 0 Å². The van der Waals surface area contributed by atoms with E-state index in [1.54, 1.807) is 6.08 Å². The smallest absolute Gasteiger partial charge is 0.0310 e. The van der Waals surface area contributed by atoms with E-state index in [1.807, 2.05) is 6.08 Å². The van der Waals surface area contributed by atoms with Crippen LogP contribution in [0, 0.1) is 5.92 Å². The van der Waals surface area contributed by atoms with Gasteiger partial charge in [-0.2, -0.15) is 0 Å². The van der Waals surface area contributed by atoms with Gasteiger partial charge < -0.3 is 5.73 Å². The molecule has 1 rings (SSSR count). The van der Waals surface area contributed by atoms with Crippen molar-refractivity contribution in [1.82, 2.24) is 0 Å². The van der Waals surface area contributed by atoms with Crippen LogP contribution in [-0.2, 0) is 0 Å². The van der Waals surface area contributed by atoms with Crippen LogP contribution in [0.2, 0.25) is 0 Å². The Morgan fingerprint density at radius 3 is 2.54 bits per heavy atom. The summed E-state index contributed by atoms with van der Waals surface area (Å²) in [7, 11) is 0. The van der Waals surface area contributed by atoms with Crippen LogP contribution in [0.5, 0.6) is 0 Å². The van der Waals surface area contributed by atoms with Gasteiger partial charge in [0.25, 0.3) is 0 Å². The Morgan fingerprint density at radius 1 is 1.54 bits per heavy atom. The molecule has 1 fully saturated rings. The van der Waals surface area contributed by atoms with E-state index >= 15 is 0 Å².